The number of carbonyl (C=O) groups excluding carboxylic acids is 1. The smallest absolute Gasteiger partial charge is 0.246 e. The number of carbonyl (C=O) groups is 1. The Bertz CT molecular complexity index is 563. The molecule has 0 atom stereocenters. The summed E-state index contributed by atoms with van der Waals surface area (Å²) < 4.78 is 1.79. The van der Waals surface area contributed by atoms with E-state index < -0.39 is 0 Å². The maximum absolute atomic E-state index is 11.9. The van der Waals surface area contributed by atoms with Crippen LogP contribution in [-0.2, 0) is 17.8 Å². The molecule has 2 aromatic heterocycles. The monoisotopic (exact) mass is 293 g/mol. The quantitative estimate of drug-likeness (QED) is 0.796. The van der Waals surface area contributed by atoms with Crippen LogP contribution in [0.25, 0.3) is 0 Å². The summed E-state index contributed by atoms with van der Waals surface area (Å²) in [6.45, 7) is 4.28. The Morgan fingerprint density at radius 3 is 2.95 bits per heavy atom. The van der Waals surface area contributed by atoms with E-state index in [0.29, 0.717) is 5.13 Å². The van der Waals surface area contributed by atoms with Gasteiger partial charge in [0, 0.05) is 18.8 Å². The van der Waals surface area contributed by atoms with Crippen molar-refractivity contribution in [1.82, 2.24) is 19.7 Å². The molecule has 0 aliphatic heterocycles. The molecule has 2 heterocycles. The van der Waals surface area contributed by atoms with E-state index in [2.05, 4.69) is 27.4 Å². The van der Waals surface area contributed by atoms with Gasteiger partial charge in [-0.3, -0.25) is 10.1 Å². The fraction of sp³-hybridized carbons (Fsp3) is 0.538. The molecule has 0 aliphatic carbocycles. The Morgan fingerprint density at radius 1 is 1.40 bits per heavy atom. The lowest BCUT2D eigenvalue weighted by Gasteiger charge is -2.03. The number of unbranched alkanes of at least 4 members (excludes halogenated alkanes) is 2. The predicted octanol–water partition coefficient (Wildman–Crippen LogP) is 2.41. The second-order valence-corrected chi connectivity index (χ2v) is 5.67. The van der Waals surface area contributed by atoms with Crippen LogP contribution in [0.5, 0.6) is 0 Å². The topological polar surface area (TPSA) is 72.7 Å². The second kappa shape index (κ2) is 7.14. The van der Waals surface area contributed by atoms with Gasteiger partial charge in [-0.2, -0.15) is 0 Å². The number of hydrogen-bond acceptors (Lipinski definition) is 5. The Kier molecular flexibility index (Phi) is 5.23. The second-order valence-electron chi connectivity index (χ2n) is 4.61. The first-order valence-electron chi connectivity index (χ1n) is 6.79. The minimum atomic E-state index is -0.109. The van der Waals surface area contributed by atoms with E-state index in [9.17, 15) is 4.79 Å². The number of nitrogens with one attached hydrogen (secondary N) is 1. The Balaban J connectivity index is 1.84. The van der Waals surface area contributed by atoms with Gasteiger partial charge in [-0.05, 0) is 13.3 Å². The summed E-state index contributed by atoms with van der Waals surface area (Å²) >= 11 is 1.45. The summed E-state index contributed by atoms with van der Waals surface area (Å²) in [6, 6.07) is 0. The number of hydrogen-bond donors (Lipinski definition) is 1. The van der Waals surface area contributed by atoms with Crippen molar-refractivity contribution in [2.24, 2.45) is 0 Å². The van der Waals surface area contributed by atoms with Crippen molar-refractivity contribution in [2.75, 3.05) is 5.32 Å². The molecule has 0 saturated carbocycles. The fourth-order valence-corrected chi connectivity index (χ4v) is 2.61. The minimum Gasteiger partial charge on any atom is -0.326 e. The van der Waals surface area contributed by atoms with Gasteiger partial charge in [0.1, 0.15) is 17.4 Å². The highest BCUT2D eigenvalue weighted by atomic mass is 32.1. The average molecular weight is 293 g/mol. The SMILES string of the molecule is CCCCCc1nnc(NC(=O)Cn2ccnc2C)s1. The molecular formula is C13H19N5OS. The Labute approximate surface area is 122 Å². The van der Waals surface area contributed by atoms with Crippen molar-refractivity contribution >= 4 is 22.4 Å². The number of aromatic nitrogens is 4. The highest BCUT2D eigenvalue weighted by Crippen LogP contribution is 2.17. The van der Waals surface area contributed by atoms with Crippen LogP contribution in [0.3, 0.4) is 0 Å². The highest BCUT2D eigenvalue weighted by molar-refractivity contribution is 7.15. The van der Waals surface area contributed by atoms with Crippen molar-refractivity contribution in [3.63, 3.8) is 0 Å². The van der Waals surface area contributed by atoms with Crippen LogP contribution < -0.4 is 5.32 Å². The molecule has 0 spiro atoms. The molecule has 2 aromatic rings. The van der Waals surface area contributed by atoms with Gasteiger partial charge in [0.25, 0.3) is 0 Å². The van der Waals surface area contributed by atoms with E-state index in [1.165, 1.54) is 24.2 Å². The van der Waals surface area contributed by atoms with Gasteiger partial charge in [-0.15, -0.1) is 10.2 Å². The first-order chi connectivity index (χ1) is 9.69. The number of amides is 1. The average Bonchev–Trinajstić information content (AvgIpc) is 3.00. The van der Waals surface area contributed by atoms with E-state index in [1.807, 2.05) is 6.92 Å². The Hall–Kier alpha value is -1.76. The number of aryl methyl sites for hydroxylation is 2. The van der Waals surface area contributed by atoms with Crippen LogP contribution in [0, 0.1) is 6.92 Å². The largest absolute Gasteiger partial charge is 0.326 e. The molecule has 108 valence electrons. The number of nitrogens with zero attached hydrogens (tertiary/aromatic N) is 4. The van der Waals surface area contributed by atoms with Crippen molar-refractivity contribution in [2.45, 2.75) is 46.1 Å². The summed E-state index contributed by atoms with van der Waals surface area (Å²) in [6.07, 6.45) is 7.90. The molecule has 0 aliphatic rings. The lowest BCUT2D eigenvalue weighted by Crippen LogP contribution is -2.18. The van der Waals surface area contributed by atoms with Crippen LogP contribution in [0.1, 0.15) is 37.0 Å². The molecule has 0 saturated heterocycles. The van der Waals surface area contributed by atoms with E-state index in [-0.39, 0.29) is 12.5 Å². The van der Waals surface area contributed by atoms with Gasteiger partial charge >= 0.3 is 0 Å². The maximum atomic E-state index is 11.9. The minimum absolute atomic E-state index is 0.109. The zero-order valence-electron chi connectivity index (χ0n) is 11.8. The molecule has 0 bridgehead atoms. The van der Waals surface area contributed by atoms with Crippen LogP contribution in [0.4, 0.5) is 5.13 Å². The zero-order valence-corrected chi connectivity index (χ0v) is 12.6. The van der Waals surface area contributed by atoms with Gasteiger partial charge < -0.3 is 4.57 Å². The van der Waals surface area contributed by atoms with Crippen molar-refractivity contribution < 1.29 is 4.79 Å². The van der Waals surface area contributed by atoms with Crippen LogP contribution in [0.15, 0.2) is 12.4 Å². The normalized spacial score (nSPS) is 10.7. The van der Waals surface area contributed by atoms with E-state index in [4.69, 9.17) is 0 Å². The lowest BCUT2D eigenvalue weighted by atomic mass is 10.2. The Morgan fingerprint density at radius 2 is 2.25 bits per heavy atom. The molecule has 20 heavy (non-hydrogen) atoms. The van der Waals surface area contributed by atoms with Crippen molar-refractivity contribution in [1.29, 1.82) is 0 Å². The summed E-state index contributed by atoms with van der Waals surface area (Å²) in [7, 11) is 0. The van der Waals surface area contributed by atoms with Crippen LogP contribution in [0.2, 0.25) is 0 Å². The van der Waals surface area contributed by atoms with Gasteiger partial charge in [0.05, 0.1) is 0 Å². The van der Waals surface area contributed by atoms with Gasteiger partial charge in [-0.25, -0.2) is 4.98 Å². The molecule has 1 amide bonds. The molecule has 7 heteroatoms. The molecule has 1 N–H and O–H groups in total. The first-order valence-corrected chi connectivity index (χ1v) is 7.60. The molecule has 0 aromatic carbocycles. The van der Waals surface area contributed by atoms with Gasteiger partial charge in [-0.1, -0.05) is 31.1 Å². The standard InChI is InChI=1S/C13H19N5OS/c1-3-4-5-6-12-16-17-13(20-12)15-11(19)9-18-8-7-14-10(18)2/h7-8H,3-6,9H2,1-2H3,(H,15,17,19). The summed E-state index contributed by atoms with van der Waals surface area (Å²) in [5, 5.41) is 12.4. The third-order valence-corrected chi connectivity index (χ3v) is 3.84. The molecule has 0 fully saturated rings. The maximum Gasteiger partial charge on any atom is 0.246 e. The van der Waals surface area contributed by atoms with E-state index >= 15 is 0 Å². The number of anilines is 1. The number of imidazole rings is 1. The predicted molar refractivity (Wildman–Crippen MR) is 78.7 cm³/mol. The van der Waals surface area contributed by atoms with Crippen molar-refractivity contribution in [3.8, 4) is 0 Å². The fourth-order valence-electron chi connectivity index (χ4n) is 1.82. The molecule has 0 radical (unpaired) electrons. The van der Waals surface area contributed by atoms with Crippen molar-refractivity contribution in [3.05, 3.63) is 23.2 Å². The number of rotatable bonds is 7. The first kappa shape index (κ1) is 14.6. The van der Waals surface area contributed by atoms with Crippen LogP contribution in [-0.4, -0.2) is 25.7 Å². The molecule has 6 nitrogen and oxygen atoms in total. The third-order valence-electron chi connectivity index (χ3n) is 2.94. The molecule has 0 unspecified atom stereocenters. The van der Waals surface area contributed by atoms with E-state index in [1.54, 1.807) is 17.0 Å². The third kappa shape index (κ3) is 4.12. The van der Waals surface area contributed by atoms with Gasteiger partial charge in [0.2, 0.25) is 11.0 Å². The van der Waals surface area contributed by atoms with Crippen LogP contribution >= 0.6 is 11.3 Å². The molecule has 2 rings (SSSR count). The van der Waals surface area contributed by atoms with E-state index in [0.717, 1.165) is 23.7 Å². The lowest BCUT2D eigenvalue weighted by molar-refractivity contribution is -0.116. The zero-order chi connectivity index (χ0) is 14.4. The van der Waals surface area contributed by atoms with Gasteiger partial charge in [0.15, 0.2) is 0 Å². The summed E-state index contributed by atoms with van der Waals surface area (Å²) in [5.74, 6) is 0.708. The summed E-state index contributed by atoms with van der Waals surface area (Å²) in [5.41, 5.74) is 0. The molecular weight excluding hydrogens is 274 g/mol. The highest BCUT2D eigenvalue weighted by Gasteiger charge is 2.09. The summed E-state index contributed by atoms with van der Waals surface area (Å²) in [4.78, 5) is 16.0.